The summed E-state index contributed by atoms with van der Waals surface area (Å²) in [6.07, 6.45) is 5.78. The lowest BCUT2D eigenvalue weighted by Crippen LogP contribution is -2.44. The maximum Gasteiger partial charge on any atom is 0.342 e. The van der Waals surface area contributed by atoms with Crippen molar-refractivity contribution < 1.29 is 14.0 Å². The summed E-state index contributed by atoms with van der Waals surface area (Å²) in [4.78, 5) is 12.8. The Morgan fingerprint density at radius 1 is 1.18 bits per heavy atom. The summed E-state index contributed by atoms with van der Waals surface area (Å²) in [7, 11) is -2.12. The fraction of sp³-hybridized carbons (Fsp3) is 0.625. The summed E-state index contributed by atoms with van der Waals surface area (Å²) in [5, 5.41) is 0.0608. The van der Waals surface area contributed by atoms with Crippen LogP contribution >= 0.6 is 0 Å². The molecule has 28 heavy (non-hydrogen) atoms. The number of allylic oxidation sites excluding steroid dienone is 2. The number of cyclic esters (lactones) is 1. The van der Waals surface area contributed by atoms with Crippen LogP contribution in [0.15, 0.2) is 5.57 Å². The van der Waals surface area contributed by atoms with Crippen molar-refractivity contribution >= 4 is 19.9 Å². The number of hydrogen-bond donors (Lipinski definition) is 0. The SMILES string of the molecule is CCc1c(C)c2c(c(O[Si](C)(C)C(C)(C)C)c1C(C)=C1CCCC1)C(=O)OC2. The lowest BCUT2D eigenvalue weighted by atomic mass is 9.86. The van der Waals surface area contributed by atoms with E-state index in [4.69, 9.17) is 9.16 Å². The zero-order chi connectivity index (χ0) is 20.9. The molecule has 1 aliphatic heterocycles. The number of carbonyl (C=O) groups is 1. The van der Waals surface area contributed by atoms with Crippen LogP contribution in [0.5, 0.6) is 5.75 Å². The maximum atomic E-state index is 12.8. The summed E-state index contributed by atoms with van der Waals surface area (Å²) >= 11 is 0. The van der Waals surface area contributed by atoms with Crippen LogP contribution in [0.1, 0.15) is 92.9 Å². The van der Waals surface area contributed by atoms with Crippen LogP contribution in [0.4, 0.5) is 0 Å². The van der Waals surface area contributed by atoms with Gasteiger partial charge in [-0.05, 0) is 80.8 Å². The average molecular weight is 401 g/mol. The van der Waals surface area contributed by atoms with Crippen LogP contribution in [0.3, 0.4) is 0 Å². The molecule has 1 fully saturated rings. The highest BCUT2D eigenvalue weighted by Crippen LogP contribution is 2.47. The van der Waals surface area contributed by atoms with Gasteiger partial charge < -0.3 is 9.16 Å². The zero-order valence-corrected chi connectivity index (χ0v) is 20.0. The number of fused-ring (bicyclic) bond motifs is 1. The van der Waals surface area contributed by atoms with Gasteiger partial charge in [-0.15, -0.1) is 0 Å². The van der Waals surface area contributed by atoms with Crippen molar-refractivity contribution in [3.8, 4) is 5.75 Å². The van der Waals surface area contributed by atoms with Gasteiger partial charge in [0.1, 0.15) is 17.9 Å². The van der Waals surface area contributed by atoms with E-state index in [-0.39, 0.29) is 11.0 Å². The minimum Gasteiger partial charge on any atom is -0.543 e. The van der Waals surface area contributed by atoms with E-state index in [1.54, 1.807) is 0 Å². The fourth-order valence-corrected chi connectivity index (χ4v) is 5.29. The van der Waals surface area contributed by atoms with E-state index < -0.39 is 8.32 Å². The van der Waals surface area contributed by atoms with Gasteiger partial charge in [-0.3, -0.25) is 0 Å². The van der Waals surface area contributed by atoms with Gasteiger partial charge in [-0.25, -0.2) is 4.79 Å². The number of esters is 1. The molecule has 1 aromatic carbocycles. The van der Waals surface area contributed by atoms with Crippen LogP contribution in [-0.2, 0) is 17.8 Å². The second kappa shape index (κ2) is 7.36. The van der Waals surface area contributed by atoms with Crippen molar-refractivity contribution in [3.63, 3.8) is 0 Å². The fourth-order valence-electron chi connectivity index (χ4n) is 4.26. The lowest BCUT2D eigenvalue weighted by molar-refractivity contribution is 0.0533. The van der Waals surface area contributed by atoms with Gasteiger partial charge in [0.05, 0.1) is 0 Å². The van der Waals surface area contributed by atoms with E-state index in [9.17, 15) is 4.79 Å². The molecule has 0 saturated heterocycles. The van der Waals surface area contributed by atoms with E-state index in [0.717, 1.165) is 30.6 Å². The maximum absolute atomic E-state index is 12.8. The Labute approximate surface area is 171 Å². The van der Waals surface area contributed by atoms with E-state index in [1.165, 1.54) is 40.7 Å². The Morgan fingerprint density at radius 2 is 1.79 bits per heavy atom. The highest BCUT2D eigenvalue weighted by molar-refractivity contribution is 6.74. The molecule has 1 aliphatic carbocycles. The standard InChI is InChI=1S/C24H36O3Si/c1-9-18-16(3)19-14-26-23(25)21(19)22(27-28(7,8)24(4,5)6)20(18)15(2)17-12-10-11-13-17/h9-14H2,1-8H3. The predicted octanol–water partition coefficient (Wildman–Crippen LogP) is 6.96. The first-order valence-corrected chi connectivity index (χ1v) is 13.6. The van der Waals surface area contributed by atoms with Crippen molar-refractivity contribution in [1.82, 2.24) is 0 Å². The third-order valence-electron chi connectivity index (χ3n) is 7.14. The smallest absolute Gasteiger partial charge is 0.342 e. The first kappa shape index (κ1) is 21.2. The number of rotatable bonds is 4. The summed E-state index contributed by atoms with van der Waals surface area (Å²) in [6, 6.07) is 0. The summed E-state index contributed by atoms with van der Waals surface area (Å²) in [5.41, 5.74) is 8.28. The van der Waals surface area contributed by atoms with Crippen LogP contribution in [0.25, 0.3) is 5.57 Å². The monoisotopic (exact) mass is 400 g/mol. The predicted molar refractivity (Wildman–Crippen MR) is 119 cm³/mol. The lowest BCUT2D eigenvalue weighted by Gasteiger charge is -2.38. The Hall–Kier alpha value is -1.55. The normalized spacial score (nSPS) is 17.0. The van der Waals surface area contributed by atoms with E-state index in [2.05, 4.69) is 54.6 Å². The molecular weight excluding hydrogens is 364 g/mol. The summed E-state index contributed by atoms with van der Waals surface area (Å²) in [6.45, 7) is 18.2. The van der Waals surface area contributed by atoms with E-state index >= 15 is 0 Å². The van der Waals surface area contributed by atoms with Gasteiger partial charge in [0.25, 0.3) is 8.32 Å². The third kappa shape index (κ3) is 3.45. The molecule has 0 spiro atoms. The summed E-state index contributed by atoms with van der Waals surface area (Å²) in [5.74, 6) is 0.586. The van der Waals surface area contributed by atoms with Gasteiger partial charge >= 0.3 is 5.97 Å². The second-order valence-electron chi connectivity index (χ2n) is 9.89. The van der Waals surface area contributed by atoms with Crippen molar-refractivity contribution in [2.24, 2.45) is 0 Å². The quantitative estimate of drug-likeness (QED) is 0.405. The van der Waals surface area contributed by atoms with E-state index in [1.807, 2.05) is 0 Å². The Morgan fingerprint density at radius 3 is 2.32 bits per heavy atom. The number of ether oxygens (including phenoxy) is 1. The molecule has 0 atom stereocenters. The van der Waals surface area contributed by atoms with Crippen molar-refractivity contribution in [2.45, 2.75) is 98.4 Å². The number of benzene rings is 1. The molecule has 1 saturated carbocycles. The van der Waals surface area contributed by atoms with E-state index in [0.29, 0.717) is 12.2 Å². The highest BCUT2D eigenvalue weighted by Gasteiger charge is 2.42. The third-order valence-corrected chi connectivity index (χ3v) is 11.5. The summed E-state index contributed by atoms with van der Waals surface area (Å²) < 4.78 is 12.4. The molecule has 1 aromatic rings. The van der Waals surface area contributed by atoms with Gasteiger partial charge in [-0.1, -0.05) is 33.3 Å². The Kier molecular flexibility index (Phi) is 5.57. The molecule has 0 N–H and O–H groups in total. The van der Waals surface area contributed by atoms with Gasteiger partial charge in [0.15, 0.2) is 0 Å². The van der Waals surface area contributed by atoms with Crippen molar-refractivity contribution in [3.05, 3.63) is 33.4 Å². The van der Waals surface area contributed by atoms with Crippen LogP contribution in [-0.4, -0.2) is 14.3 Å². The second-order valence-corrected chi connectivity index (χ2v) is 14.6. The first-order chi connectivity index (χ1) is 13.0. The number of carbonyl (C=O) groups excluding carboxylic acids is 1. The minimum atomic E-state index is -2.12. The molecule has 0 bridgehead atoms. The van der Waals surface area contributed by atoms with Gasteiger partial charge in [-0.2, -0.15) is 0 Å². The van der Waals surface area contributed by atoms with Gasteiger partial charge in [0.2, 0.25) is 0 Å². The van der Waals surface area contributed by atoms with Crippen LogP contribution in [0, 0.1) is 6.92 Å². The highest BCUT2D eigenvalue weighted by atomic mass is 28.4. The van der Waals surface area contributed by atoms with Crippen molar-refractivity contribution in [2.75, 3.05) is 0 Å². The van der Waals surface area contributed by atoms with Gasteiger partial charge in [0, 0.05) is 11.1 Å². The molecular formula is C24H36O3Si. The molecule has 0 amide bonds. The average Bonchev–Trinajstić information content (AvgIpc) is 3.25. The molecule has 0 radical (unpaired) electrons. The topological polar surface area (TPSA) is 35.5 Å². The molecule has 154 valence electrons. The largest absolute Gasteiger partial charge is 0.543 e. The molecule has 0 aromatic heterocycles. The molecule has 1 heterocycles. The zero-order valence-electron chi connectivity index (χ0n) is 19.0. The van der Waals surface area contributed by atoms with Crippen molar-refractivity contribution in [1.29, 1.82) is 0 Å². The van der Waals surface area contributed by atoms with Crippen LogP contribution in [0.2, 0.25) is 18.1 Å². The molecule has 2 aliphatic rings. The molecule has 3 rings (SSSR count). The molecule has 0 unspecified atom stereocenters. The van der Waals surface area contributed by atoms with Crippen LogP contribution < -0.4 is 4.43 Å². The molecule has 3 nitrogen and oxygen atoms in total. The Balaban J connectivity index is 2.33. The Bertz CT molecular complexity index is 833. The molecule has 4 heteroatoms. The minimum absolute atomic E-state index is 0.0608. The first-order valence-electron chi connectivity index (χ1n) is 10.7. The number of hydrogen-bond acceptors (Lipinski definition) is 3.